The fourth-order valence-corrected chi connectivity index (χ4v) is 7.03. The summed E-state index contributed by atoms with van der Waals surface area (Å²) in [5, 5.41) is 22.9. The van der Waals surface area contributed by atoms with E-state index in [9.17, 15) is 18.0 Å². The van der Waals surface area contributed by atoms with E-state index in [0.717, 1.165) is 26.2 Å². The minimum atomic E-state index is -3.63. The Morgan fingerprint density at radius 2 is 1.75 bits per heavy atom. The van der Waals surface area contributed by atoms with Crippen molar-refractivity contribution in [3.05, 3.63) is 53.9 Å². The van der Waals surface area contributed by atoms with Crippen molar-refractivity contribution in [1.29, 1.82) is 0 Å². The predicted octanol–water partition coefficient (Wildman–Crippen LogP) is 3.16. The summed E-state index contributed by atoms with van der Waals surface area (Å²) < 4.78 is 39.3. The lowest BCUT2D eigenvalue weighted by Crippen LogP contribution is -2.25. The molecule has 0 saturated heterocycles. The number of benzene rings is 2. The Bertz CT molecular complexity index is 1720. The van der Waals surface area contributed by atoms with E-state index >= 15 is 0 Å². The molecule has 234 valence electrons. The number of nitrogens with zero attached hydrogens (tertiary/aromatic N) is 6. The van der Waals surface area contributed by atoms with Crippen LogP contribution in [0, 0.1) is 0 Å². The largest absolute Gasteiger partial charge is 0.497 e. The third-order valence-electron chi connectivity index (χ3n) is 5.88. The number of hydrogen-bond donors (Lipinski definition) is 2. The molecule has 14 nitrogen and oxygen atoms in total. The maximum Gasteiger partial charge on any atom is 0.251 e. The van der Waals surface area contributed by atoms with E-state index in [1.54, 1.807) is 22.8 Å². The molecule has 0 bridgehead atoms. The molecule has 44 heavy (non-hydrogen) atoms. The quantitative estimate of drug-likeness (QED) is 0.148. The van der Waals surface area contributed by atoms with Crippen molar-refractivity contribution < 1.29 is 27.5 Å². The summed E-state index contributed by atoms with van der Waals surface area (Å²) in [6.45, 7) is 1.96. The molecule has 2 heterocycles. The third-order valence-corrected chi connectivity index (χ3v) is 10.5. The second kappa shape index (κ2) is 14.8. The van der Waals surface area contributed by atoms with Gasteiger partial charge < -0.3 is 14.8 Å². The third kappa shape index (κ3) is 7.86. The first kappa shape index (κ1) is 33.2. The zero-order valence-corrected chi connectivity index (χ0v) is 27.7. The second-order valence-corrected chi connectivity index (χ2v) is 14.5. The van der Waals surface area contributed by atoms with Gasteiger partial charge in [-0.1, -0.05) is 41.8 Å². The van der Waals surface area contributed by atoms with Crippen LogP contribution in [-0.4, -0.2) is 89.3 Å². The molecule has 0 unspecified atom stereocenters. The summed E-state index contributed by atoms with van der Waals surface area (Å²) in [7, 11) is 2.29. The highest BCUT2D eigenvalue weighted by atomic mass is 32.2. The average Bonchev–Trinajstić information content (AvgIpc) is 3.64. The van der Waals surface area contributed by atoms with Gasteiger partial charge in [-0.05, 0) is 42.2 Å². The first-order valence-corrected chi connectivity index (χ1v) is 17.2. The number of ether oxygens (including phenoxy) is 2. The van der Waals surface area contributed by atoms with Crippen molar-refractivity contribution in [2.75, 3.05) is 45.1 Å². The zero-order valence-electron chi connectivity index (χ0n) is 24.4. The molecule has 0 fully saturated rings. The van der Waals surface area contributed by atoms with E-state index < -0.39 is 15.9 Å². The molecule has 2 aromatic heterocycles. The van der Waals surface area contributed by atoms with Crippen LogP contribution in [0.1, 0.15) is 23.1 Å². The van der Waals surface area contributed by atoms with Crippen LogP contribution in [0.25, 0.3) is 5.69 Å². The van der Waals surface area contributed by atoms with Crippen molar-refractivity contribution in [1.82, 2.24) is 34.6 Å². The Hall–Kier alpha value is -3.71. The lowest BCUT2D eigenvalue weighted by Gasteiger charge is -2.15. The maximum absolute atomic E-state index is 13.0. The van der Waals surface area contributed by atoms with Crippen LogP contribution in [0.15, 0.2) is 56.9 Å². The first-order chi connectivity index (χ1) is 21.1. The number of hydrogen-bond acceptors (Lipinski definition) is 13. The molecule has 4 aromatic rings. The molecule has 0 saturated carbocycles. The monoisotopic (exact) mass is 678 g/mol. The molecule has 2 aromatic carbocycles. The number of methoxy groups -OCH3 is 2. The molecule has 4 rings (SSSR count). The van der Waals surface area contributed by atoms with Gasteiger partial charge in [0, 0.05) is 25.7 Å². The number of amides is 2. The average molecular weight is 679 g/mol. The topological polar surface area (TPSA) is 171 Å². The molecule has 0 radical (unpaired) electrons. The number of carbonyl (C=O) groups is 2. The molecule has 0 atom stereocenters. The van der Waals surface area contributed by atoms with Crippen LogP contribution in [-0.2, 0) is 21.4 Å². The van der Waals surface area contributed by atoms with E-state index in [1.165, 1.54) is 75.7 Å². The lowest BCUT2D eigenvalue weighted by molar-refractivity contribution is -0.113. The highest BCUT2D eigenvalue weighted by Gasteiger charge is 2.22. The zero-order chi connectivity index (χ0) is 31.9. The summed E-state index contributed by atoms with van der Waals surface area (Å²) >= 11 is 3.97. The van der Waals surface area contributed by atoms with Crippen molar-refractivity contribution in [2.24, 2.45) is 0 Å². The van der Waals surface area contributed by atoms with Crippen LogP contribution in [0.4, 0.5) is 5.13 Å². The van der Waals surface area contributed by atoms with E-state index in [0.29, 0.717) is 33.3 Å². The fourth-order valence-electron chi connectivity index (χ4n) is 3.70. The van der Waals surface area contributed by atoms with Crippen LogP contribution in [0.2, 0.25) is 0 Å². The van der Waals surface area contributed by atoms with E-state index in [1.807, 2.05) is 6.92 Å². The highest BCUT2D eigenvalue weighted by Crippen LogP contribution is 2.32. The van der Waals surface area contributed by atoms with Gasteiger partial charge in [-0.3, -0.25) is 19.5 Å². The van der Waals surface area contributed by atoms with Gasteiger partial charge in [0.05, 0.1) is 37.1 Å². The first-order valence-electron chi connectivity index (χ1n) is 12.9. The van der Waals surface area contributed by atoms with Gasteiger partial charge >= 0.3 is 0 Å². The predicted molar refractivity (Wildman–Crippen MR) is 169 cm³/mol. The number of anilines is 1. The Labute approximate surface area is 267 Å². The smallest absolute Gasteiger partial charge is 0.251 e. The Kier molecular flexibility index (Phi) is 11.2. The van der Waals surface area contributed by atoms with Gasteiger partial charge in [0.2, 0.25) is 21.1 Å². The molecule has 0 aliphatic carbocycles. The number of thioether (sulfide) groups is 2. The summed E-state index contributed by atoms with van der Waals surface area (Å²) in [4.78, 5) is 25.8. The van der Waals surface area contributed by atoms with Crippen molar-refractivity contribution in [3.63, 3.8) is 0 Å². The maximum atomic E-state index is 13.0. The number of carbonyl (C=O) groups excluding carboxylic acids is 2. The molecule has 2 N–H and O–H groups in total. The standard InChI is InChI=1S/C26H30N8O6S4/c1-6-41-26-32-30-24(43-26)28-22(35)15-42-25-31-29-21(34(25)19-13-17(39-4)9-12-20(19)40-5)14-27-23(36)16-7-10-18(11-8-16)44(37,38)33(2)3/h7-13H,6,14-15H2,1-5H3,(H,27,36)(H,28,30,35). The summed E-state index contributed by atoms with van der Waals surface area (Å²) in [5.74, 6) is 1.47. The van der Waals surface area contributed by atoms with Crippen molar-refractivity contribution >= 4 is 61.8 Å². The summed E-state index contributed by atoms with van der Waals surface area (Å²) in [6.07, 6.45) is 0. The minimum Gasteiger partial charge on any atom is -0.497 e. The Balaban J connectivity index is 1.55. The van der Waals surface area contributed by atoms with Crippen LogP contribution in [0.5, 0.6) is 11.5 Å². The van der Waals surface area contributed by atoms with Gasteiger partial charge in [-0.25, -0.2) is 12.7 Å². The van der Waals surface area contributed by atoms with Gasteiger partial charge in [0.15, 0.2) is 15.3 Å². The summed E-state index contributed by atoms with van der Waals surface area (Å²) in [6, 6.07) is 10.8. The van der Waals surface area contributed by atoms with Crippen LogP contribution >= 0.6 is 34.9 Å². The van der Waals surface area contributed by atoms with Gasteiger partial charge in [-0.15, -0.1) is 20.4 Å². The van der Waals surface area contributed by atoms with Crippen LogP contribution in [0.3, 0.4) is 0 Å². The van der Waals surface area contributed by atoms with E-state index in [-0.39, 0.29) is 28.7 Å². The number of aromatic nitrogens is 5. The van der Waals surface area contributed by atoms with Gasteiger partial charge in [-0.2, -0.15) is 0 Å². The van der Waals surface area contributed by atoms with Crippen molar-refractivity contribution in [3.8, 4) is 17.2 Å². The number of nitrogens with one attached hydrogen (secondary N) is 2. The lowest BCUT2D eigenvalue weighted by atomic mass is 10.2. The SMILES string of the molecule is CCSc1nnc(NC(=O)CSc2nnc(CNC(=O)c3ccc(S(=O)(=O)N(C)C)cc3)n2-c2cc(OC)ccc2OC)s1. The van der Waals surface area contributed by atoms with E-state index in [4.69, 9.17) is 9.47 Å². The fraction of sp³-hybridized carbons (Fsp3) is 0.308. The molecule has 0 aliphatic rings. The number of rotatable bonds is 14. The molecule has 2 amide bonds. The molecule has 0 aliphatic heterocycles. The molecule has 0 spiro atoms. The molecule has 18 heteroatoms. The van der Waals surface area contributed by atoms with E-state index in [2.05, 4.69) is 31.0 Å². The normalized spacial score (nSPS) is 11.4. The van der Waals surface area contributed by atoms with Gasteiger partial charge in [0.25, 0.3) is 5.91 Å². The highest BCUT2D eigenvalue weighted by molar-refractivity contribution is 8.01. The van der Waals surface area contributed by atoms with Crippen LogP contribution < -0.4 is 20.1 Å². The van der Waals surface area contributed by atoms with Gasteiger partial charge in [0.1, 0.15) is 11.5 Å². The molecular weight excluding hydrogens is 649 g/mol. The van der Waals surface area contributed by atoms with Crippen molar-refractivity contribution in [2.45, 2.75) is 27.9 Å². The summed E-state index contributed by atoms with van der Waals surface area (Å²) in [5.41, 5.74) is 0.795. The Morgan fingerprint density at radius 1 is 1.00 bits per heavy atom. The minimum absolute atomic E-state index is 0.00514. The second-order valence-electron chi connectivity index (χ2n) is 8.91. The number of sulfonamides is 1. The molecular formula is C26H30N8O6S4. The Morgan fingerprint density at radius 3 is 2.41 bits per heavy atom.